The second-order valence-electron chi connectivity index (χ2n) is 5.41. The van der Waals surface area contributed by atoms with E-state index in [1.165, 1.54) is 0 Å². The lowest BCUT2D eigenvalue weighted by Gasteiger charge is -2.31. The lowest BCUT2D eigenvalue weighted by molar-refractivity contribution is 0.0607. The fourth-order valence-corrected chi connectivity index (χ4v) is 1.28. The zero-order chi connectivity index (χ0) is 11.2. The second-order valence-corrected chi connectivity index (χ2v) is 5.41. The number of hydrogen-bond donors (Lipinski definition) is 1. The minimum atomic E-state index is 0.271. The van der Waals surface area contributed by atoms with Gasteiger partial charge in [0.05, 0.1) is 6.61 Å². The highest BCUT2D eigenvalue weighted by atomic mass is 16.5. The lowest BCUT2D eigenvalue weighted by atomic mass is 9.87. The summed E-state index contributed by atoms with van der Waals surface area (Å²) in [4.78, 5) is 0. The van der Waals surface area contributed by atoms with Crippen LogP contribution in [-0.4, -0.2) is 25.8 Å². The number of ether oxygens (including phenoxy) is 1. The largest absolute Gasteiger partial charge is 0.380 e. The van der Waals surface area contributed by atoms with E-state index in [1.807, 2.05) is 0 Å². The molecule has 0 aliphatic carbocycles. The first-order valence-electron chi connectivity index (χ1n) is 5.69. The van der Waals surface area contributed by atoms with Gasteiger partial charge in [0.15, 0.2) is 0 Å². The van der Waals surface area contributed by atoms with Gasteiger partial charge >= 0.3 is 0 Å². The highest BCUT2D eigenvalue weighted by Gasteiger charge is 2.23. The summed E-state index contributed by atoms with van der Waals surface area (Å²) in [5.41, 5.74) is 0.271. The van der Waals surface area contributed by atoms with Gasteiger partial charge in [-0.1, -0.05) is 41.5 Å². The summed E-state index contributed by atoms with van der Waals surface area (Å²) in [5.74, 6) is 0.622. The molecule has 0 saturated carbocycles. The van der Waals surface area contributed by atoms with E-state index in [9.17, 15) is 0 Å². The molecule has 0 aliphatic heterocycles. The Kier molecular flexibility index (Phi) is 6.38. The normalized spacial score (nSPS) is 14.8. The average molecular weight is 201 g/mol. The van der Waals surface area contributed by atoms with Crippen LogP contribution in [0, 0.1) is 11.3 Å². The molecule has 1 unspecified atom stereocenters. The lowest BCUT2D eigenvalue weighted by Crippen LogP contribution is -2.43. The molecule has 1 atom stereocenters. The number of nitrogens with one attached hydrogen (secondary N) is 1. The highest BCUT2D eigenvalue weighted by molar-refractivity contribution is 4.79. The summed E-state index contributed by atoms with van der Waals surface area (Å²) < 4.78 is 5.67. The highest BCUT2D eigenvalue weighted by Crippen LogP contribution is 2.19. The fraction of sp³-hybridized carbons (Fsp3) is 1.00. The van der Waals surface area contributed by atoms with Gasteiger partial charge in [-0.15, -0.1) is 0 Å². The predicted molar refractivity (Wildman–Crippen MR) is 62.6 cm³/mol. The van der Waals surface area contributed by atoms with E-state index >= 15 is 0 Å². The Balaban J connectivity index is 3.86. The van der Waals surface area contributed by atoms with Crippen LogP contribution in [0.1, 0.15) is 41.5 Å². The molecule has 0 saturated heterocycles. The van der Waals surface area contributed by atoms with E-state index < -0.39 is 0 Å². The van der Waals surface area contributed by atoms with Crippen molar-refractivity contribution in [2.75, 3.05) is 19.8 Å². The summed E-state index contributed by atoms with van der Waals surface area (Å²) in [6.45, 7) is 15.9. The average Bonchev–Trinajstić information content (AvgIpc) is 2.00. The van der Waals surface area contributed by atoms with Crippen molar-refractivity contribution in [3.63, 3.8) is 0 Å². The van der Waals surface area contributed by atoms with Crippen LogP contribution in [0.25, 0.3) is 0 Å². The van der Waals surface area contributed by atoms with Gasteiger partial charge in [-0.25, -0.2) is 0 Å². The van der Waals surface area contributed by atoms with Crippen molar-refractivity contribution in [2.45, 2.75) is 47.6 Å². The molecular weight excluding hydrogens is 174 g/mol. The first kappa shape index (κ1) is 13.9. The minimum Gasteiger partial charge on any atom is -0.380 e. The van der Waals surface area contributed by atoms with Crippen LogP contribution < -0.4 is 5.32 Å². The SMILES string of the molecule is CCNC(COCC(C)C)C(C)(C)C. The zero-order valence-corrected chi connectivity index (χ0v) is 10.7. The van der Waals surface area contributed by atoms with E-state index in [2.05, 4.69) is 46.9 Å². The monoisotopic (exact) mass is 201 g/mol. The van der Waals surface area contributed by atoms with Crippen molar-refractivity contribution in [2.24, 2.45) is 11.3 Å². The molecule has 0 aromatic rings. The summed E-state index contributed by atoms with van der Waals surface area (Å²) in [6, 6.07) is 0.450. The van der Waals surface area contributed by atoms with Gasteiger partial charge in [-0.05, 0) is 17.9 Å². The van der Waals surface area contributed by atoms with E-state index in [0.29, 0.717) is 12.0 Å². The van der Waals surface area contributed by atoms with Gasteiger partial charge in [0.2, 0.25) is 0 Å². The third-order valence-electron chi connectivity index (χ3n) is 2.23. The summed E-state index contributed by atoms with van der Waals surface area (Å²) in [6.07, 6.45) is 0. The van der Waals surface area contributed by atoms with Crippen molar-refractivity contribution < 1.29 is 4.74 Å². The Morgan fingerprint density at radius 2 is 1.71 bits per heavy atom. The first-order chi connectivity index (χ1) is 6.38. The van der Waals surface area contributed by atoms with Crippen LogP contribution in [0.2, 0.25) is 0 Å². The molecule has 0 aliphatic rings. The smallest absolute Gasteiger partial charge is 0.0624 e. The van der Waals surface area contributed by atoms with Crippen LogP contribution in [0.3, 0.4) is 0 Å². The Morgan fingerprint density at radius 1 is 1.14 bits per heavy atom. The van der Waals surface area contributed by atoms with Gasteiger partial charge < -0.3 is 10.1 Å². The maximum atomic E-state index is 5.67. The number of rotatable bonds is 6. The number of likely N-dealkylation sites (N-methyl/N-ethyl adjacent to an activating group) is 1. The zero-order valence-electron chi connectivity index (χ0n) is 10.7. The third-order valence-corrected chi connectivity index (χ3v) is 2.23. The molecule has 1 N–H and O–H groups in total. The quantitative estimate of drug-likeness (QED) is 0.713. The predicted octanol–water partition coefficient (Wildman–Crippen LogP) is 2.68. The van der Waals surface area contributed by atoms with Crippen molar-refractivity contribution >= 4 is 0 Å². The van der Waals surface area contributed by atoms with Gasteiger partial charge in [0.25, 0.3) is 0 Å². The Hall–Kier alpha value is -0.0800. The fourth-order valence-electron chi connectivity index (χ4n) is 1.28. The molecule has 0 heterocycles. The second kappa shape index (κ2) is 6.41. The van der Waals surface area contributed by atoms with Crippen LogP contribution >= 0.6 is 0 Å². The summed E-state index contributed by atoms with van der Waals surface area (Å²) in [7, 11) is 0. The van der Waals surface area contributed by atoms with Crippen LogP contribution in [0.4, 0.5) is 0 Å². The van der Waals surface area contributed by atoms with Crippen LogP contribution in [0.15, 0.2) is 0 Å². The van der Waals surface area contributed by atoms with Crippen molar-refractivity contribution in [1.82, 2.24) is 5.32 Å². The molecular formula is C12H27NO. The van der Waals surface area contributed by atoms with Crippen LogP contribution in [0.5, 0.6) is 0 Å². The third kappa shape index (κ3) is 6.39. The van der Waals surface area contributed by atoms with E-state index in [0.717, 1.165) is 19.8 Å². The molecule has 0 bridgehead atoms. The standard InChI is InChI=1S/C12H27NO/c1-7-13-11(12(4,5)6)9-14-8-10(2)3/h10-11,13H,7-9H2,1-6H3. The molecule has 0 radical (unpaired) electrons. The van der Waals surface area contributed by atoms with Crippen LogP contribution in [-0.2, 0) is 4.74 Å². The molecule has 0 rings (SSSR count). The van der Waals surface area contributed by atoms with Crippen molar-refractivity contribution in [1.29, 1.82) is 0 Å². The Morgan fingerprint density at radius 3 is 2.07 bits per heavy atom. The van der Waals surface area contributed by atoms with Gasteiger partial charge in [0.1, 0.15) is 0 Å². The molecule has 0 aromatic heterocycles. The van der Waals surface area contributed by atoms with Gasteiger partial charge in [0, 0.05) is 12.6 Å². The molecule has 2 heteroatoms. The minimum absolute atomic E-state index is 0.271. The van der Waals surface area contributed by atoms with E-state index in [1.54, 1.807) is 0 Å². The molecule has 14 heavy (non-hydrogen) atoms. The van der Waals surface area contributed by atoms with E-state index in [4.69, 9.17) is 4.74 Å². The maximum Gasteiger partial charge on any atom is 0.0624 e. The van der Waals surface area contributed by atoms with Gasteiger partial charge in [-0.2, -0.15) is 0 Å². The summed E-state index contributed by atoms with van der Waals surface area (Å²) in [5, 5.41) is 3.47. The van der Waals surface area contributed by atoms with Crippen molar-refractivity contribution in [3.05, 3.63) is 0 Å². The topological polar surface area (TPSA) is 21.3 Å². The van der Waals surface area contributed by atoms with Crippen molar-refractivity contribution in [3.8, 4) is 0 Å². The Bertz CT molecular complexity index is 138. The Labute approximate surface area is 89.4 Å². The number of hydrogen-bond acceptors (Lipinski definition) is 2. The van der Waals surface area contributed by atoms with Gasteiger partial charge in [-0.3, -0.25) is 0 Å². The van der Waals surface area contributed by atoms with E-state index in [-0.39, 0.29) is 5.41 Å². The summed E-state index contributed by atoms with van der Waals surface area (Å²) >= 11 is 0. The molecule has 2 nitrogen and oxygen atoms in total. The molecule has 0 fully saturated rings. The molecule has 86 valence electrons. The first-order valence-corrected chi connectivity index (χ1v) is 5.69. The molecule has 0 spiro atoms. The maximum absolute atomic E-state index is 5.67. The molecule has 0 aromatic carbocycles. The molecule has 0 amide bonds.